The number of aliphatic hydroxyl groups excluding tert-OH is 1. The summed E-state index contributed by atoms with van der Waals surface area (Å²) in [5.41, 5.74) is 8.61. The van der Waals surface area contributed by atoms with Crippen LogP contribution in [0.3, 0.4) is 0 Å². The Labute approximate surface area is 127 Å². The molecule has 0 aliphatic carbocycles. The van der Waals surface area contributed by atoms with Crippen LogP contribution >= 0.6 is 0 Å². The Hall–Kier alpha value is -2.09. The van der Waals surface area contributed by atoms with E-state index in [9.17, 15) is 14.7 Å². The highest BCUT2D eigenvalue weighted by atomic mass is 16.6. The molecule has 0 aromatic heterocycles. The zero-order chi connectivity index (χ0) is 16.7. The minimum Gasteiger partial charge on any atom is -0.463 e. The summed E-state index contributed by atoms with van der Waals surface area (Å²) in [5.74, 6) is -1.62. The number of aliphatic hydroxyl groups is 1. The fourth-order valence-electron chi connectivity index (χ4n) is 2.28. The van der Waals surface area contributed by atoms with Crippen LogP contribution < -0.4 is 0 Å². The van der Waals surface area contributed by atoms with Gasteiger partial charge in [0.05, 0.1) is 0 Å². The van der Waals surface area contributed by atoms with E-state index in [4.69, 9.17) is 19.7 Å². The molecule has 0 spiro atoms. The summed E-state index contributed by atoms with van der Waals surface area (Å²) in [5, 5.41) is 13.4. The predicted octanol–water partition coefficient (Wildman–Crippen LogP) is 1.07. The molecular weight excluding hydrogens is 294 g/mol. The van der Waals surface area contributed by atoms with Gasteiger partial charge in [0.2, 0.25) is 0 Å². The molecule has 0 aromatic rings. The first kappa shape index (κ1) is 18.0. The highest BCUT2D eigenvalue weighted by Gasteiger charge is 2.46. The molecule has 1 heterocycles. The minimum absolute atomic E-state index is 0.123. The van der Waals surface area contributed by atoms with Crippen LogP contribution in [-0.4, -0.2) is 48.2 Å². The maximum Gasteiger partial charge on any atom is 0.302 e. The highest BCUT2D eigenvalue weighted by Crippen LogP contribution is 2.31. The van der Waals surface area contributed by atoms with E-state index < -0.39 is 42.4 Å². The van der Waals surface area contributed by atoms with Crippen molar-refractivity contribution < 1.29 is 28.9 Å². The van der Waals surface area contributed by atoms with Crippen LogP contribution in [0.2, 0.25) is 0 Å². The van der Waals surface area contributed by atoms with Crippen LogP contribution in [0.4, 0.5) is 0 Å². The summed E-state index contributed by atoms with van der Waals surface area (Å²) in [7, 11) is 0. The summed E-state index contributed by atoms with van der Waals surface area (Å²) >= 11 is 0. The second-order valence-corrected chi connectivity index (χ2v) is 4.74. The number of allylic oxidation sites excluding steroid dienone is 1. The Kier molecular flexibility index (Phi) is 6.84. The van der Waals surface area contributed by atoms with Crippen LogP contribution in [0, 0.1) is 5.92 Å². The molecule has 1 N–H and O–H groups in total. The van der Waals surface area contributed by atoms with Crippen molar-refractivity contribution in [2.45, 2.75) is 45.3 Å². The number of rotatable bonds is 5. The number of carbonyl (C=O) groups is 2. The van der Waals surface area contributed by atoms with Gasteiger partial charge in [0.15, 0.2) is 6.29 Å². The van der Waals surface area contributed by atoms with Crippen molar-refractivity contribution in [2.75, 3.05) is 6.61 Å². The second kappa shape index (κ2) is 8.38. The number of azide groups is 1. The first-order chi connectivity index (χ1) is 10.4. The van der Waals surface area contributed by atoms with Gasteiger partial charge in [-0.1, -0.05) is 17.3 Å². The van der Waals surface area contributed by atoms with Gasteiger partial charge in [-0.25, -0.2) is 0 Å². The average molecular weight is 313 g/mol. The molecule has 0 bridgehead atoms. The molecule has 0 saturated carbocycles. The number of esters is 2. The molecule has 0 radical (unpaired) electrons. The van der Waals surface area contributed by atoms with Gasteiger partial charge in [0.25, 0.3) is 0 Å². The third-order valence-corrected chi connectivity index (χ3v) is 3.10. The number of ether oxygens (including phenoxy) is 3. The van der Waals surface area contributed by atoms with Crippen LogP contribution in [0.25, 0.3) is 10.4 Å². The smallest absolute Gasteiger partial charge is 0.302 e. The normalized spacial score (nSPS) is 31.4. The largest absolute Gasteiger partial charge is 0.463 e. The van der Waals surface area contributed by atoms with E-state index in [1.807, 2.05) is 0 Å². The number of hydrogen-bond donors (Lipinski definition) is 1. The summed E-state index contributed by atoms with van der Waals surface area (Å²) in [6, 6.07) is -1.09. The molecule has 1 aliphatic heterocycles. The molecular formula is C13H19N3O6. The van der Waals surface area contributed by atoms with Crippen molar-refractivity contribution in [1.29, 1.82) is 0 Å². The molecule has 9 heteroatoms. The molecule has 0 aromatic carbocycles. The number of hydrogen-bond acceptors (Lipinski definition) is 7. The summed E-state index contributed by atoms with van der Waals surface area (Å²) < 4.78 is 15.4. The first-order valence-corrected chi connectivity index (χ1v) is 6.71. The Morgan fingerprint density at radius 1 is 1.41 bits per heavy atom. The quantitative estimate of drug-likeness (QED) is 0.265. The van der Waals surface area contributed by atoms with Crippen LogP contribution in [0.15, 0.2) is 17.3 Å². The molecule has 122 valence electrons. The Bertz CT molecular complexity index is 488. The van der Waals surface area contributed by atoms with Gasteiger partial charge in [-0.3, -0.25) is 9.59 Å². The summed E-state index contributed by atoms with van der Waals surface area (Å²) in [6.07, 6.45) is 0.268. The van der Waals surface area contributed by atoms with E-state index in [1.54, 1.807) is 19.1 Å². The fourth-order valence-corrected chi connectivity index (χ4v) is 2.28. The van der Waals surface area contributed by atoms with Crippen molar-refractivity contribution in [1.82, 2.24) is 0 Å². The maximum atomic E-state index is 11.3. The maximum absolute atomic E-state index is 11.3. The SMILES string of the molecule is C/C=C/[C@@H]1C(COC(C)=O)O[C@@H](O)C(N=[N+]=[N-])[C@H]1OC(C)=O. The lowest BCUT2D eigenvalue weighted by molar-refractivity contribution is -0.233. The fraction of sp³-hybridized carbons (Fsp3) is 0.692. The minimum atomic E-state index is -1.47. The zero-order valence-electron chi connectivity index (χ0n) is 12.6. The van der Waals surface area contributed by atoms with E-state index in [2.05, 4.69) is 10.0 Å². The average Bonchev–Trinajstić information content (AvgIpc) is 2.43. The molecule has 1 aliphatic rings. The standard InChI is InChI=1S/C13H19N3O6/c1-4-5-9-10(6-20-7(2)17)22-13(19)11(15-16-14)12(9)21-8(3)18/h4-5,9-13,19H,6H2,1-3H3/b5-4+/t9-,10?,11?,12+,13-/m1/s1. The van der Waals surface area contributed by atoms with Crippen molar-refractivity contribution in [3.05, 3.63) is 22.6 Å². The predicted molar refractivity (Wildman–Crippen MR) is 74.3 cm³/mol. The lowest BCUT2D eigenvalue weighted by Gasteiger charge is -2.41. The molecule has 5 atom stereocenters. The van der Waals surface area contributed by atoms with Crippen LogP contribution in [0.1, 0.15) is 20.8 Å². The summed E-state index contributed by atoms with van der Waals surface area (Å²) in [4.78, 5) is 24.9. The van der Waals surface area contributed by atoms with Gasteiger partial charge in [-0.15, -0.1) is 0 Å². The van der Waals surface area contributed by atoms with Gasteiger partial charge in [-0.2, -0.15) is 0 Å². The zero-order valence-corrected chi connectivity index (χ0v) is 12.6. The molecule has 1 rings (SSSR count). The number of carbonyl (C=O) groups excluding carboxylic acids is 2. The molecule has 1 fully saturated rings. The lowest BCUT2D eigenvalue weighted by Crippen LogP contribution is -2.55. The highest BCUT2D eigenvalue weighted by molar-refractivity contribution is 5.66. The van der Waals surface area contributed by atoms with E-state index >= 15 is 0 Å². The van der Waals surface area contributed by atoms with Crippen molar-refractivity contribution >= 4 is 11.9 Å². The molecule has 0 amide bonds. The third-order valence-electron chi connectivity index (χ3n) is 3.10. The van der Waals surface area contributed by atoms with Gasteiger partial charge >= 0.3 is 11.9 Å². The van der Waals surface area contributed by atoms with E-state index in [-0.39, 0.29) is 6.61 Å². The van der Waals surface area contributed by atoms with Gasteiger partial charge in [0.1, 0.15) is 24.9 Å². The van der Waals surface area contributed by atoms with Crippen LogP contribution in [-0.2, 0) is 23.8 Å². The van der Waals surface area contributed by atoms with Crippen molar-refractivity contribution in [3.8, 4) is 0 Å². The lowest BCUT2D eigenvalue weighted by atomic mass is 9.87. The van der Waals surface area contributed by atoms with E-state index in [0.29, 0.717) is 0 Å². The molecule has 22 heavy (non-hydrogen) atoms. The third kappa shape index (κ3) is 4.73. The van der Waals surface area contributed by atoms with E-state index in [1.165, 1.54) is 13.8 Å². The Balaban J connectivity index is 3.08. The second-order valence-electron chi connectivity index (χ2n) is 4.74. The first-order valence-electron chi connectivity index (χ1n) is 6.71. The Morgan fingerprint density at radius 2 is 2.09 bits per heavy atom. The molecule has 9 nitrogen and oxygen atoms in total. The van der Waals surface area contributed by atoms with Gasteiger partial charge < -0.3 is 19.3 Å². The van der Waals surface area contributed by atoms with Gasteiger partial charge in [-0.05, 0) is 12.5 Å². The molecule has 1 saturated heterocycles. The monoisotopic (exact) mass is 313 g/mol. The van der Waals surface area contributed by atoms with Gasteiger partial charge in [0, 0.05) is 24.7 Å². The summed E-state index contributed by atoms with van der Waals surface area (Å²) in [6.45, 7) is 4.09. The van der Waals surface area contributed by atoms with E-state index in [0.717, 1.165) is 0 Å². The van der Waals surface area contributed by atoms with Crippen molar-refractivity contribution in [2.24, 2.45) is 11.0 Å². The van der Waals surface area contributed by atoms with Crippen molar-refractivity contribution in [3.63, 3.8) is 0 Å². The molecule has 2 unspecified atom stereocenters. The number of nitrogens with zero attached hydrogens (tertiary/aromatic N) is 3. The Morgan fingerprint density at radius 3 is 2.59 bits per heavy atom. The topological polar surface area (TPSA) is 131 Å². The van der Waals surface area contributed by atoms with Crippen LogP contribution in [0.5, 0.6) is 0 Å².